The van der Waals surface area contributed by atoms with Gasteiger partial charge in [0.2, 0.25) is 0 Å². The molecule has 0 amide bonds. The first kappa shape index (κ1) is 19.3. The number of nitrogens with one attached hydrogen (secondary N) is 2. The first-order valence-electron chi connectivity index (χ1n) is 8.20. The fraction of sp³-hybridized carbons (Fsp3) is 0.263. The highest BCUT2D eigenvalue weighted by Gasteiger charge is 2.31. The molecule has 0 aliphatic heterocycles. The Bertz CT molecular complexity index is 1090. The monoisotopic (exact) mass is 396 g/mol. The predicted octanol–water partition coefficient (Wildman–Crippen LogP) is 5.29. The van der Waals surface area contributed by atoms with E-state index in [1.807, 2.05) is 6.07 Å². The number of aromatic amines is 1. The summed E-state index contributed by atoms with van der Waals surface area (Å²) in [5, 5.41) is 0.809. The van der Waals surface area contributed by atoms with Crippen LogP contribution in [0, 0.1) is 0 Å². The number of sulfonamides is 1. The highest BCUT2D eigenvalue weighted by molar-refractivity contribution is 7.92. The molecule has 1 aromatic heterocycles. The van der Waals surface area contributed by atoms with Crippen molar-refractivity contribution in [3.63, 3.8) is 0 Å². The van der Waals surface area contributed by atoms with Gasteiger partial charge in [-0.15, -0.1) is 0 Å². The van der Waals surface area contributed by atoms with Crippen LogP contribution in [-0.4, -0.2) is 13.4 Å². The van der Waals surface area contributed by atoms with E-state index in [4.69, 9.17) is 0 Å². The van der Waals surface area contributed by atoms with Crippen LogP contribution in [0.15, 0.2) is 53.4 Å². The van der Waals surface area contributed by atoms with Crippen molar-refractivity contribution in [2.45, 2.75) is 37.3 Å². The molecule has 3 rings (SSSR count). The van der Waals surface area contributed by atoms with Crippen molar-refractivity contribution < 1.29 is 21.6 Å². The Morgan fingerprint density at radius 1 is 0.963 bits per heavy atom. The van der Waals surface area contributed by atoms with Gasteiger partial charge in [-0.2, -0.15) is 13.2 Å². The zero-order valence-electron chi connectivity index (χ0n) is 15.0. The van der Waals surface area contributed by atoms with Crippen LogP contribution in [-0.2, 0) is 21.6 Å². The number of hydrogen-bond acceptors (Lipinski definition) is 2. The fourth-order valence-electron chi connectivity index (χ4n) is 2.65. The molecule has 1 heterocycles. The lowest BCUT2D eigenvalue weighted by atomic mass is 9.92. The van der Waals surface area contributed by atoms with Gasteiger partial charge in [-0.3, -0.25) is 4.72 Å². The molecule has 2 N–H and O–H groups in total. The van der Waals surface area contributed by atoms with E-state index in [0.717, 1.165) is 34.8 Å². The maximum atomic E-state index is 12.8. The number of halogens is 3. The molecule has 144 valence electrons. The number of benzene rings is 2. The Balaban J connectivity index is 1.94. The number of H-pyrrole nitrogens is 1. The first-order valence-corrected chi connectivity index (χ1v) is 9.68. The summed E-state index contributed by atoms with van der Waals surface area (Å²) in [5.74, 6) is 0. The SMILES string of the molecule is CC(C)(C)c1cc2cc(NS(=O)(=O)c3cccc(C(F)(F)F)c3)ccc2[nH]1. The van der Waals surface area contributed by atoms with Crippen molar-refractivity contribution in [2.24, 2.45) is 0 Å². The molecule has 8 heteroatoms. The second-order valence-corrected chi connectivity index (χ2v) is 9.05. The van der Waals surface area contributed by atoms with Gasteiger partial charge in [0.25, 0.3) is 10.0 Å². The van der Waals surface area contributed by atoms with Crippen molar-refractivity contribution >= 4 is 26.6 Å². The van der Waals surface area contributed by atoms with E-state index in [1.165, 1.54) is 0 Å². The Kier molecular flexibility index (Phi) is 4.50. The molecule has 4 nitrogen and oxygen atoms in total. The standard InChI is InChI=1S/C19H19F3N2O2S/c1-18(2,3)17-10-12-9-14(7-8-16(12)23-17)24-27(25,26)15-6-4-5-13(11-15)19(20,21)22/h4-11,23-24H,1-3H3. The molecule has 0 atom stereocenters. The van der Waals surface area contributed by atoms with E-state index in [-0.39, 0.29) is 11.1 Å². The maximum absolute atomic E-state index is 12.8. The van der Waals surface area contributed by atoms with Crippen molar-refractivity contribution in [3.05, 3.63) is 59.8 Å². The van der Waals surface area contributed by atoms with Gasteiger partial charge in [0.1, 0.15) is 0 Å². The molecule has 3 aromatic rings. The van der Waals surface area contributed by atoms with Crippen molar-refractivity contribution in [1.82, 2.24) is 4.98 Å². The average molecular weight is 396 g/mol. The van der Waals surface area contributed by atoms with E-state index >= 15 is 0 Å². The molecular formula is C19H19F3N2O2S. The first-order chi connectivity index (χ1) is 12.4. The van der Waals surface area contributed by atoms with Crippen LogP contribution in [0.1, 0.15) is 32.0 Å². The molecule has 0 aliphatic rings. The lowest BCUT2D eigenvalue weighted by Crippen LogP contribution is -2.14. The molecule has 0 radical (unpaired) electrons. The van der Waals surface area contributed by atoms with Gasteiger partial charge in [-0.25, -0.2) is 8.42 Å². The summed E-state index contributed by atoms with van der Waals surface area (Å²) in [6.45, 7) is 6.15. The smallest absolute Gasteiger partial charge is 0.358 e. The highest BCUT2D eigenvalue weighted by atomic mass is 32.2. The molecular weight excluding hydrogens is 377 g/mol. The highest BCUT2D eigenvalue weighted by Crippen LogP contribution is 2.31. The van der Waals surface area contributed by atoms with Crippen LogP contribution in [0.5, 0.6) is 0 Å². The summed E-state index contributed by atoms with van der Waals surface area (Å²) < 4.78 is 65.8. The third-order valence-corrected chi connectivity index (χ3v) is 5.53. The molecule has 0 spiro atoms. The van der Waals surface area contributed by atoms with Gasteiger partial charge < -0.3 is 4.98 Å². The summed E-state index contributed by atoms with van der Waals surface area (Å²) in [6.07, 6.45) is -4.61. The zero-order chi connectivity index (χ0) is 20.0. The summed E-state index contributed by atoms with van der Waals surface area (Å²) >= 11 is 0. The minimum absolute atomic E-state index is 0.100. The normalized spacial score (nSPS) is 13.1. The number of anilines is 1. The van der Waals surface area contributed by atoms with Crippen LogP contribution in [0.3, 0.4) is 0 Å². The van der Waals surface area contributed by atoms with Crippen LogP contribution in [0.2, 0.25) is 0 Å². The third-order valence-electron chi connectivity index (χ3n) is 4.15. The van der Waals surface area contributed by atoms with Crippen LogP contribution < -0.4 is 4.72 Å². The maximum Gasteiger partial charge on any atom is 0.416 e. The van der Waals surface area contributed by atoms with Crippen LogP contribution >= 0.6 is 0 Å². The molecule has 0 bridgehead atoms. The van der Waals surface area contributed by atoms with E-state index in [1.54, 1.807) is 18.2 Å². The lowest BCUT2D eigenvalue weighted by Gasteiger charge is -2.15. The van der Waals surface area contributed by atoms with Gasteiger partial charge in [-0.1, -0.05) is 26.8 Å². The molecule has 0 unspecified atom stereocenters. The molecule has 0 aliphatic carbocycles. The van der Waals surface area contributed by atoms with Crippen molar-refractivity contribution in [3.8, 4) is 0 Å². The molecule has 0 saturated heterocycles. The number of aromatic nitrogens is 1. The Morgan fingerprint density at radius 3 is 2.30 bits per heavy atom. The van der Waals surface area contributed by atoms with Gasteiger partial charge in [-0.05, 0) is 42.5 Å². The second kappa shape index (κ2) is 6.30. The number of rotatable bonds is 3. The lowest BCUT2D eigenvalue weighted by molar-refractivity contribution is -0.137. The predicted molar refractivity (Wildman–Crippen MR) is 99.3 cm³/mol. The largest absolute Gasteiger partial charge is 0.416 e. The third kappa shape index (κ3) is 4.10. The zero-order valence-corrected chi connectivity index (χ0v) is 15.8. The van der Waals surface area contributed by atoms with Crippen molar-refractivity contribution in [1.29, 1.82) is 0 Å². The second-order valence-electron chi connectivity index (χ2n) is 7.37. The molecule has 2 aromatic carbocycles. The van der Waals surface area contributed by atoms with Gasteiger partial charge >= 0.3 is 6.18 Å². The average Bonchev–Trinajstić information content (AvgIpc) is 2.97. The quantitative estimate of drug-likeness (QED) is 0.632. The van der Waals surface area contributed by atoms with E-state index < -0.39 is 26.7 Å². The summed E-state index contributed by atoms with van der Waals surface area (Å²) in [6, 6.07) is 10.5. The van der Waals surface area contributed by atoms with Gasteiger partial charge in [0.05, 0.1) is 10.5 Å². The van der Waals surface area contributed by atoms with Gasteiger partial charge in [0.15, 0.2) is 0 Å². The Labute approximate surface area is 155 Å². The van der Waals surface area contributed by atoms with Crippen molar-refractivity contribution in [2.75, 3.05) is 4.72 Å². The molecule has 0 fully saturated rings. The van der Waals surface area contributed by atoms with Crippen LogP contribution in [0.25, 0.3) is 10.9 Å². The topological polar surface area (TPSA) is 62.0 Å². The van der Waals surface area contributed by atoms with Crippen LogP contribution in [0.4, 0.5) is 18.9 Å². The summed E-state index contributed by atoms with van der Waals surface area (Å²) in [7, 11) is -4.15. The Hall–Kier alpha value is -2.48. The molecule has 27 heavy (non-hydrogen) atoms. The van der Waals surface area contributed by atoms with E-state index in [9.17, 15) is 21.6 Å². The summed E-state index contributed by atoms with van der Waals surface area (Å²) in [5.41, 5.74) is 1.01. The van der Waals surface area contributed by atoms with Gasteiger partial charge in [0, 0.05) is 27.7 Å². The Morgan fingerprint density at radius 2 is 1.67 bits per heavy atom. The van der Waals surface area contributed by atoms with E-state index in [0.29, 0.717) is 6.07 Å². The minimum atomic E-state index is -4.61. The molecule has 0 saturated carbocycles. The van der Waals surface area contributed by atoms with E-state index in [2.05, 4.69) is 30.5 Å². The number of hydrogen-bond donors (Lipinski definition) is 2. The number of fused-ring (bicyclic) bond motifs is 1. The minimum Gasteiger partial charge on any atom is -0.358 e. The summed E-state index contributed by atoms with van der Waals surface area (Å²) in [4.78, 5) is 2.84. The fourth-order valence-corrected chi connectivity index (χ4v) is 3.75. The number of alkyl halides is 3.